The van der Waals surface area contributed by atoms with E-state index in [1.54, 1.807) is 6.07 Å². The van der Waals surface area contributed by atoms with Gasteiger partial charge in [0.05, 0.1) is 11.6 Å². The third kappa shape index (κ3) is 5.57. The van der Waals surface area contributed by atoms with Gasteiger partial charge in [-0.2, -0.15) is 13.2 Å². The molecule has 0 atom stereocenters. The molecule has 0 radical (unpaired) electrons. The number of carbonyl (C=O) groups is 1. The second-order valence-electron chi connectivity index (χ2n) is 4.54. The average Bonchev–Trinajstić information content (AvgIpc) is 2.41. The van der Waals surface area contributed by atoms with Crippen LogP contribution in [-0.2, 0) is 0 Å². The summed E-state index contributed by atoms with van der Waals surface area (Å²) in [6, 6.07) is 4.47. The van der Waals surface area contributed by atoms with Gasteiger partial charge in [0.15, 0.2) is 0 Å². The highest BCUT2D eigenvalue weighted by Gasteiger charge is 2.33. The molecule has 0 aliphatic carbocycles. The summed E-state index contributed by atoms with van der Waals surface area (Å²) in [7, 11) is 1.47. The average molecular weight is 368 g/mol. The summed E-state index contributed by atoms with van der Waals surface area (Å²) < 4.78 is 43.3. The van der Waals surface area contributed by atoms with Crippen molar-refractivity contribution >= 4 is 21.8 Å². The Hall–Kier alpha value is -1.24. The van der Waals surface area contributed by atoms with E-state index in [2.05, 4.69) is 15.9 Å². The first-order valence-electron chi connectivity index (χ1n) is 6.48. The molecule has 0 aliphatic heterocycles. The number of rotatable bonds is 6. The number of methoxy groups -OCH3 is 1. The molecule has 0 saturated carbocycles. The van der Waals surface area contributed by atoms with Crippen LogP contribution in [0.3, 0.4) is 0 Å². The van der Waals surface area contributed by atoms with Gasteiger partial charge in [0.2, 0.25) is 0 Å². The minimum Gasteiger partial charge on any atom is -0.496 e. The summed E-state index contributed by atoms with van der Waals surface area (Å²) >= 11 is 3.22. The molecule has 0 aliphatic rings. The second kappa shape index (κ2) is 7.68. The maximum absolute atomic E-state index is 12.6. The summed E-state index contributed by atoms with van der Waals surface area (Å²) in [6.07, 6.45) is -3.17. The lowest BCUT2D eigenvalue weighted by Gasteiger charge is -2.24. The summed E-state index contributed by atoms with van der Waals surface area (Å²) in [5.74, 6) is -0.119. The van der Waals surface area contributed by atoms with Crippen molar-refractivity contribution in [2.45, 2.75) is 25.9 Å². The number of ether oxygens (including phenoxy) is 1. The van der Waals surface area contributed by atoms with Gasteiger partial charge >= 0.3 is 6.18 Å². The minimum atomic E-state index is -4.41. The van der Waals surface area contributed by atoms with E-state index in [0.29, 0.717) is 23.1 Å². The number of alkyl halides is 3. The van der Waals surface area contributed by atoms with E-state index in [1.807, 2.05) is 6.92 Å². The number of nitrogens with zero attached hydrogens (tertiary/aromatic N) is 1. The molecular formula is C14H17BrF3NO2. The highest BCUT2D eigenvalue weighted by molar-refractivity contribution is 9.10. The number of carbonyl (C=O) groups excluding carboxylic acids is 1. The van der Waals surface area contributed by atoms with Crippen molar-refractivity contribution in [1.29, 1.82) is 0 Å². The van der Waals surface area contributed by atoms with Crippen LogP contribution in [0.4, 0.5) is 13.2 Å². The molecule has 1 aromatic carbocycles. The van der Waals surface area contributed by atoms with E-state index >= 15 is 0 Å². The molecular weight excluding hydrogens is 351 g/mol. The Morgan fingerprint density at radius 3 is 2.52 bits per heavy atom. The standard InChI is InChI=1S/C14H17BrF3NO2/c1-3-4-7-19(9-14(16,17)18)13(20)10-5-6-12(21-2)11(15)8-10/h5-6,8H,3-4,7,9H2,1-2H3. The van der Waals surface area contributed by atoms with Crippen LogP contribution >= 0.6 is 15.9 Å². The quantitative estimate of drug-likeness (QED) is 0.751. The van der Waals surface area contributed by atoms with Gasteiger partial charge in [-0.05, 0) is 40.5 Å². The fourth-order valence-corrected chi connectivity index (χ4v) is 2.34. The first kappa shape index (κ1) is 17.8. The van der Waals surface area contributed by atoms with Crippen LogP contribution < -0.4 is 4.74 Å². The second-order valence-corrected chi connectivity index (χ2v) is 5.40. The largest absolute Gasteiger partial charge is 0.496 e. The fourth-order valence-electron chi connectivity index (χ4n) is 1.80. The molecule has 0 N–H and O–H groups in total. The molecule has 0 bridgehead atoms. The number of hydrogen-bond acceptors (Lipinski definition) is 2. The van der Waals surface area contributed by atoms with Crippen LogP contribution in [0.5, 0.6) is 5.75 Å². The van der Waals surface area contributed by atoms with E-state index in [-0.39, 0.29) is 12.1 Å². The lowest BCUT2D eigenvalue weighted by atomic mass is 10.1. The lowest BCUT2D eigenvalue weighted by Crippen LogP contribution is -2.39. The van der Waals surface area contributed by atoms with Crippen molar-refractivity contribution < 1.29 is 22.7 Å². The van der Waals surface area contributed by atoms with Gasteiger partial charge in [-0.1, -0.05) is 13.3 Å². The van der Waals surface area contributed by atoms with Gasteiger partial charge in [-0.15, -0.1) is 0 Å². The zero-order valence-electron chi connectivity index (χ0n) is 11.8. The van der Waals surface area contributed by atoms with Crippen molar-refractivity contribution in [3.63, 3.8) is 0 Å². The SMILES string of the molecule is CCCCN(CC(F)(F)F)C(=O)c1ccc(OC)c(Br)c1. The Bertz CT molecular complexity index is 492. The monoisotopic (exact) mass is 367 g/mol. The Morgan fingerprint density at radius 2 is 2.05 bits per heavy atom. The van der Waals surface area contributed by atoms with Gasteiger partial charge in [-0.25, -0.2) is 0 Å². The predicted molar refractivity (Wildman–Crippen MR) is 77.6 cm³/mol. The number of benzene rings is 1. The van der Waals surface area contributed by atoms with Gasteiger partial charge in [-0.3, -0.25) is 4.79 Å². The number of hydrogen-bond donors (Lipinski definition) is 0. The molecule has 0 heterocycles. The fraction of sp³-hybridized carbons (Fsp3) is 0.500. The Labute approximate surface area is 130 Å². The maximum atomic E-state index is 12.6. The van der Waals surface area contributed by atoms with Gasteiger partial charge < -0.3 is 9.64 Å². The highest BCUT2D eigenvalue weighted by Crippen LogP contribution is 2.27. The maximum Gasteiger partial charge on any atom is 0.406 e. The molecule has 0 aromatic heterocycles. The zero-order chi connectivity index (χ0) is 16.0. The van der Waals surface area contributed by atoms with E-state index in [1.165, 1.54) is 19.2 Å². The third-order valence-corrected chi connectivity index (χ3v) is 3.46. The van der Waals surface area contributed by atoms with Crippen LogP contribution in [0.1, 0.15) is 30.1 Å². The highest BCUT2D eigenvalue weighted by atomic mass is 79.9. The first-order valence-corrected chi connectivity index (χ1v) is 7.27. The van der Waals surface area contributed by atoms with E-state index in [0.717, 1.165) is 4.90 Å². The van der Waals surface area contributed by atoms with Crippen LogP contribution in [0.15, 0.2) is 22.7 Å². The topological polar surface area (TPSA) is 29.5 Å². The molecule has 118 valence electrons. The van der Waals surface area contributed by atoms with Gasteiger partial charge in [0.25, 0.3) is 5.91 Å². The first-order chi connectivity index (χ1) is 9.78. The predicted octanol–water partition coefficient (Wildman–Crippen LogP) is 4.26. The van der Waals surface area contributed by atoms with Crippen molar-refractivity contribution in [3.05, 3.63) is 28.2 Å². The van der Waals surface area contributed by atoms with Crippen molar-refractivity contribution in [3.8, 4) is 5.75 Å². The summed E-state index contributed by atoms with van der Waals surface area (Å²) in [5.41, 5.74) is 0.197. The summed E-state index contributed by atoms with van der Waals surface area (Å²) in [4.78, 5) is 13.1. The molecule has 0 spiro atoms. The smallest absolute Gasteiger partial charge is 0.406 e. The van der Waals surface area contributed by atoms with E-state index < -0.39 is 18.6 Å². The summed E-state index contributed by atoms with van der Waals surface area (Å²) in [5, 5.41) is 0. The van der Waals surface area contributed by atoms with Crippen molar-refractivity contribution in [2.24, 2.45) is 0 Å². The van der Waals surface area contributed by atoms with Crippen molar-refractivity contribution in [2.75, 3.05) is 20.2 Å². The normalized spacial score (nSPS) is 11.3. The molecule has 1 rings (SSSR count). The van der Waals surface area contributed by atoms with E-state index in [4.69, 9.17) is 4.74 Å². The van der Waals surface area contributed by atoms with Crippen LogP contribution in [0, 0.1) is 0 Å². The molecule has 7 heteroatoms. The zero-order valence-corrected chi connectivity index (χ0v) is 13.4. The van der Waals surface area contributed by atoms with E-state index in [9.17, 15) is 18.0 Å². The number of unbranched alkanes of at least 4 members (excludes halogenated alkanes) is 1. The van der Waals surface area contributed by atoms with Crippen LogP contribution in [0.2, 0.25) is 0 Å². The van der Waals surface area contributed by atoms with Crippen LogP contribution in [0.25, 0.3) is 0 Å². The van der Waals surface area contributed by atoms with Gasteiger partial charge in [0.1, 0.15) is 12.3 Å². The van der Waals surface area contributed by atoms with Crippen molar-refractivity contribution in [1.82, 2.24) is 4.90 Å². The molecule has 3 nitrogen and oxygen atoms in total. The van der Waals surface area contributed by atoms with Crippen LogP contribution in [-0.4, -0.2) is 37.2 Å². The molecule has 0 unspecified atom stereocenters. The summed E-state index contributed by atoms with van der Waals surface area (Å²) in [6.45, 7) is 0.703. The van der Waals surface area contributed by atoms with Gasteiger partial charge in [0, 0.05) is 12.1 Å². The Morgan fingerprint density at radius 1 is 1.38 bits per heavy atom. The molecule has 21 heavy (non-hydrogen) atoms. The molecule has 0 saturated heterocycles. The molecule has 1 amide bonds. The number of halogens is 4. The molecule has 1 aromatic rings. The number of amides is 1. The molecule has 0 fully saturated rings. The third-order valence-electron chi connectivity index (χ3n) is 2.84. The minimum absolute atomic E-state index is 0.0818. The Balaban J connectivity index is 2.95. The lowest BCUT2D eigenvalue weighted by molar-refractivity contribution is -0.140. The Kier molecular flexibility index (Phi) is 6.51.